The van der Waals surface area contributed by atoms with Gasteiger partial charge in [0.1, 0.15) is 34.7 Å². The number of nitrogens with zero attached hydrogens (tertiary/aromatic N) is 5. The zero-order valence-electron chi connectivity index (χ0n) is 14.4. The lowest BCUT2D eigenvalue weighted by Gasteiger charge is -2.08. The number of imidazole rings is 1. The van der Waals surface area contributed by atoms with Crippen LogP contribution in [0.2, 0.25) is 0 Å². The van der Waals surface area contributed by atoms with Crippen molar-refractivity contribution in [2.24, 2.45) is 0 Å². The van der Waals surface area contributed by atoms with E-state index in [0.29, 0.717) is 27.9 Å². The van der Waals surface area contributed by atoms with Crippen LogP contribution in [0.1, 0.15) is 5.69 Å². The second-order valence-electron chi connectivity index (χ2n) is 6.23. The van der Waals surface area contributed by atoms with Gasteiger partial charge in [-0.1, -0.05) is 17.3 Å². The molecule has 0 atom stereocenters. The van der Waals surface area contributed by atoms with Crippen LogP contribution in [0.15, 0.2) is 53.3 Å². The van der Waals surface area contributed by atoms with Crippen molar-refractivity contribution in [3.05, 3.63) is 71.3 Å². The summed E-state index contributed by atoms with van der Waals surface area (Å²) in [6.07, 6.45) is 1.56. The van der Waals surface area contributed by atoms with Gasteiger partial charge in [-0.25, -0.2) is 13.8 Å². The molecule has 7 nitrogen and oxygen atoms in total. The molecule has 0 aliphatic heterocycles. The fourth-order valence-corrected chi connectivity index (χ4v) is 3.25. The molecule has 0 fully saturated rings. The lowest BCUT2D eigenvalue weighted by Crippen LogP contribution is -2.32. The molecule has 2 aromatic carbocycles. The van der Waals surface area contributed by atoms with Gasteiger partial charge in [-0.15, -0.1) is 0 Å². The first-order valence-electron chi connectivity index (χ1n) is 8.32. The Hall–Kier alpha value is -3.88. The predicted molar refractivity (Wildman–Crippen MR) is 95.0 cm³/mol. The Kier molecular flexibility index (Phi) is 3.38. The van der Waals surface area contributed by atoms with Crippen molar-refractivity contribution in [3.63, 3.8) is 0 Å². The Morgan fingerprint density at radius 2 is 1.96 bits per heavy atom. The third-order valence-corrected chi connectivity index (χ3v) is 4.57. The third-order valence-electron chi connectivity index (χ3n) is 4.57. The van der Waals surface area contributed by atoms with Crippen LogP contribution in [0.5, 0.6) is 0 Å². The summed E-state index contributed by atoms with van der Waals surface area (Å²) < 4.78 is 34.9. The molecule has 3 aromatic heterocycles. The summed E-state index contributed by atoms with van der Waals surface area (Å²) in [5, 5.41) is 16.5. The van der Waals surface area contributed by atoms with Gasteiger partial charge in [-0.05, 0) is 18.2 Å². The molecule has 0 spiro atoms. The molecule has 5 aromatic rings. The van der Waals surface area contributed by atoms with E-state index in [2.05, 4.69) is 15.1 Å². The van der Waals surface area contributed by atoms with E-state index in [1.165, 1.54) is 6.07 Å². The molecule has 0 radical (unpaired) electrons. The number of hydrogen-bond acceptors (Lipinski definition) is 5. The maximum atomic E-state index is 14.0. The molecule has 0 saturated carbocycles. The number of fused-ring (bicyclic) bond motifs is 3. The number of halogens is 2. The highest BCUT2D eigenvalue weighted by Crippen LogP contribution is 2.28. The first-order chi connectivity index (χ1) is 13.5. The van der Waals surface area contributed by atoms with Crippen molar-refractivity contribution in [1.82, 2.24) is 19.5 Å². The molecule has 0 aliphatic carbocycles. The lowest BCUT2D eigenvalue weighted by molar-refractivity contribution is -0.583. The minimum absolute atomic E-state index is 0.0234. The van der Waals surface area contributed by atoms with Crippen LogP contribution in [0, 0.1) is 23.8 Å². The molecule has 0 unspecified atom stereocenters. The normalized spacial score (nSPS) is 11.5. The summed E-state index contributed by atoms with van der Waals surface area (Å²) in [6, 6.07) is 10.2. The van der Waals surface area contributed by atoms with E-state index >= 15 is 0 Å². The summed E-state index contributed by atoms with van der Waals surface area (Å²) in [6.45, 7) is 1.67. The molecule has 0 aliphatic rings. The maximum absolute atomic E-state index is 14.0. The van der Waals surface area contributed by atoms with Crippen molar-refractivity contribution >= 4 is 16.6 Å². The topological polar surface area (TPSA) is 83.2 Å². The van der Waals surface area contributed by atoms with Crippen LogP contribution in [0.4, 0.5) is 8.78 Å². The Labute approximate surface area is 156 Å². The van der Waals surface area contributed by atoms with E-state index < -0.39 is 11.6 Å². The zero-order chi connectivity index (χ0) is 19.4. The van der Waals surface area contributed by atoms with Crippen molar-refractivity contribution in [3.8, 4) is 23.0 Å². The van der Waals surface area contributed by atoms with Crippen LogP contribution in [0.3, 0.4) is 0 Å². The zero-order valence-corrected chi connectivity index (χ0v) is 14.4. The summed E-state index contributed by atoms with van der Waals surface area (Å²) in [5.41, 5.74) is 2.39. The SMILES string of the molecule is Cc1c2c(-c3noc(-c4ccc(F)cc4F)n3)ncn2c2ccccc2[n+]1[O-]. The van der Waals surface area contributed by atoms with E-state index in [0.717, 1.165) is 16.9 Å². The van der Waals surface area contributed by atoms with Gasteiger partial charge in [-0.3, -0.25) is 4.40 Å². The minimum Gasteiger partial charge on any atom is -0.618 e. The number of para-hydroxylation sites is 2. The van der Waals surface area contributed by atoms with Gasteiger partial charge in [0.15, 0.2) is 0 Å². The standard InChI is InChI=1S/C19H11F2N5O2/c1-10-17-16(22-9-25(17)14-4-2-3-5-15(14)26(10)27)18-23-19(28-24-18)12-7-6-11(20)8-13(12)21/h2-9H,1H3. The Bertz CT molecular complexity index is 1380. The van der Waals surface area contributed by atoms with E-state index in [9.17, 15) is 14.0 Å². The van der Waals surface area contributed by atoms with Crippen LogP contribution in [-0.2, 0) is 0 Å². The summed E-state index contributed by atoms with van der Waals surface area (Å²) in [4.78, 5) is 8.52. The monoisotopic (exact) mass is 379 g/mol. The average molecular weight is 379 g/mol. The smallest absolute Gasteiger partial charge is 0.261 e. The molecule has 28 heavy (non-hydrogen) atoms. The highest BCUT2D eigenvalue weighted by Gasteiger charge is 2.23. The van der Waals surface area contributed by atoms with Crippen molar-refractivity contribution < 1.29 is 18.0 Å². The molecule has 0 N–H and O–H groups in total. The Balaban J connectivity index is 1.72. The average Bonchev–Trinajstić information content (AvgIpc) is 3.33. The number of rotatable bonds is 2. The molecule has 138 valence electrons. The maximum Gasteiger partial charge on any atom is 0.261 e. The third kappa shape index (κ3) is 2.26. The van der Waals surface area contributed by atoms with Gasteiger partial charge in [0.25, 0.3) is 5.89 Å². The van der Waals surface area contributed by atoms with Gasteiger partial charge in [0, 0.05) is 19.1 Å². The second kappa shape index (κ2) is 5.81. The van der Waals surface area contributed by atoms with Gasteiger partial charge in [0.05, 0.1) is 5.56 Å². The molecular formula is C19H11F2N5O2. The summed E-state index contributed by atoms with van der Waals surface area (Å²) in [5.74, 6) is -1.53. The highest BCUT2D eigenvalue weighted by molar-refractivity contribution is 5.82. The summed E-state index contributed by atoms with van der Waals surface area (Å²) >= 11 is 0. The quantitative estimate of drug-likeness (QED) is 0.347. The minimum atomic E-state index is -0.815. The van der Waals surface area contributed by atoms with Gasteiger partial charge in [0.2, 0.25) is 17.0 Å². The first-order valence-corrected chi connectivity index (χ1v) is 8.32. The van der Waals surface area contributed by atoms with E-state index in [1.807, 2.05) is 6.07 Å². The molecular weight excluding hydrogens is 368 g/mol. The number of benzene rings is 2. The fraction of sp³-hybridized carbons (Fsp3) is 0.0526. The van der Waals surface area contributed by atoms with Gasteiger partial charge in [-0.2, -0.15) is 9.71 Å². The first kappa shape index (κ1) is 16.3. The van der Waals surface area contributed by atoms with Crippen LogP contribution >= 0.6 is 0 Å². The molecule has 5 rings (SSSR count). The molecule has 9 heteroatoms. The largest absolute Gasteiger partial charge is 0.618 e. The number of aryl methyl sites for hydroxylation is 1. The van der Waals surface area contributed by atoms with Gasteiger partial charge < -0.3 is 9.73 Å². The number of hydrogen-bond donors (Lipinski definition) is 0. The van der Waals surface area contributed by atoms with Crippen molar-refractivity contribution in [2.45, 2.75) is 6.92 Å². The molecule has 0 saturated heterocycles. The molecule has 3 heterocycles. The highest BCUT2D eigenvalue weighted by atomic mass is 19.1. The number of aromatic nitrogens is 5. The van der Waals surface area contributed by atoms with Crippen LogP contribution < -0.4 is 4.73 Å². The van der Waals surface area contributed by atoms with Crippen molar-refractivity contribution in [1.29, 1.82) is 0 Å². The molecule has 0 amide bonds. The van der Waals surface area contributed by atoms with Gasteiger partial charge >= 0.3 is 0 Å². The Morgan fingerprint density at radius 3 is 2.79 bits per heavy atom. The van der Waals surface area contributed by atoms with E-state index in [4.69, 9.17) is 4.52 Å². The lowest BCUT2D eigenvalue weighted by atomic mass is 10.2. The second-order valence-corrected chi connectivity index (χ2v) is 6.23. The van der Waals surface area contributed by atoms with Crippen molar-refractivity contribution in [2.75, 3.05) is 0 Å². The summed E-state index contributed by atoms with van der Waals surface area (Å²) in [7, 11) is 0. The fourth-order valence-electron chi connectivity index (χ4n) is 3.25. The van der Waals surface area contributed by atoms with E-state index in [1.54, 1.807) is 35.9 Å². The predicted octanol–water partition coefficient (Wildman–Crippen LogP) is 3.42. The van der Waals surface area contributed by atoms with Crippen LogP contribution in [-0.4, -0.2) is 19.5 Å². The Morgan fingerprint density at radius 1 is 1.14 bits per heavy atom. The van der Waals surface area contributed by atoms with E-state index in [-0.39, 0.29) is 17.3 Å². The van der Waals surface area contributed by atoms with Crippen LogP contribution in [0.25, 0.3) is 39.5 Å². The molecule has 0 bridgehead atoms.